The fourth-order valence-corrected chi connectivity index (χ4v) is 2.99. The monoisotopic (exact) mass is 194 g/mol. The van der Waals surface area contributed by atoms with Crippen molar-refractivity contribution in [2.24, 2.45) is 11.8 Å². The molecule has 1 heterocycles. The van der Waals surface area contributed by atoms with Gasteiger partial charge in [0.05, 0.1) is 12.6 Å². The number of aliphatic carboxylic acids is 1. The van der Waals surface area contributed by atoms with E-state index in [9.17, 15) is 4.79 Å². The molecule has 0 radical (unpaired) electrons. The fourth-order valence-electron chi connectivity index (χ4n) is 2.99. The van der Waals surface area contributed by atoms with E-state index in [2.05, 4.69) is 0 Å². The Morgan fingerprint density at radius 1 is 1.57 bits per heavy atom. The zero-order valence-corrected chi connectivity index (χ0v) is 8.02. The van der Waals surface area contributed by atoms with Crippen LogP contribution in [-0.4, -0.2) is 35.1 Å². The molecule has 1 aliphatic heterocycles. The van der Waals surface area contributed by atoms with Crippen LogP contribution in [0.15, 0.2) is 0 Å². The van der Waals surface area contributed by atoms with E-state index in [1.165, 1.54) is 0 Å². The van der Waals surface area contributed by atoms with E-state index in [1.54, 1.807) is 0 Å². The smallest absolute Gasteiger partial charge is 0.321 e. The Morgan fingerprint density at radius 2 is 2.36 bits per heavy atom. The van der Waals surface area contributed by atoms with Gasteiger partial charge in [-0.05, 0) is 24.7 Å². The predicted molar refractivity (Wildman–Crippen MR) is 49.4 cm³/mol. The Bertz CT molecular complexity index is 284. The topological polar surface area (TPSA) is 64.3 Å². The molecular weight excluding hydrogens is 180 g/mol. The second-order valence-corrected chi connectivity index (χ2v) is 4.23. The minimum atomic E-state index is -0.755. The maximum atomic E-state index is 11.1. The first-order valence-electron chi connectivity index (χ1n) is 5.08. The minimum Gasteiger partial charge on any atom is -0.480 e. The number of hydrogen-bond acceptors (Lipinski definition) is 3. The SMILES string of the molecule is N#CCN1CC2CCCC2C1C(=O)O. The molecule has 1 saturated heterocycles. The Kier molecular flexibility index (Phi) is 2.42. The third-order valence-electron chi connectivity index (χ3n) is 3.51. The normalized spacial score (nSPS) is 36.6. The molecule has 2 fully saturated rings. The number of likely N-dealkylation sites (tertiary alicyclic amines) is 1. The molecule has 76 valence electrons. The molecule has 2 rings (SSSR count). The fraction of sp³-hybridized carbons (Fsp3) is 0.800. The number of carbonyl (C=O) groups is 1. The number of carboxylic acid groups (broad SMARTS) is 1. The van der Waals surface area contributed by atoms with Gasteiger partial charge < -0.3 is 5.11 Å². The summed E-state index contributed by atoms with van der Waals surface area (Å²) in [7, 11) is 0. The van der Waals surface area contributed by atoms with E-state index < -0.39 is 12.0 Å². The van der Waals surface area contributed by atoms with Gasteiger partial charge in [0.1, 0.15) is 6.04 Å². The number of carboxylic acids is 1. The van der Waals surface area contributed by atoms with Gasteiger partial charge in [-0.2, -0.15) is 5.26 Å². The highest BCUT2D eigenvalue weighted by molar-refractivity contribution is 5.74. The lowest BCUT2D eigenvalue weighted by Crippen LogP contribution is -2.39. The second-order valence-electron chi connectivity index (χ2n) is 4.23. The van der Waals surface area contributed by atoms with E-state index in [0.717, 1.165) is 25.8 Å². The average Bonchev–Trinajstić information content (AvgIpc) is 2.62. The van der Waals surface area contributed by atoms with E-state index in [1.807, 2.05) is 11.0 Å². The van der Waals surface area contributed by atoms with Crippen molar-refractivity contribution in [3.8, 4) is 6.07 Å². The van der Waals surface area contributed by atoms with Gasteiger partial charge >= 0.3 is 5.97 Å². The summed E-state index contributed by atoms with van der Waals surface area (Å²) < 4.78 is 0. The number of nitrogens with zero attached hydrogens (tertiary/aromatic N) is 2. The highest BCUT2D eigenvalue weighted by Gasteiger charge is 2.47. The van der Waals surface area contributed by atoms with Gasteiger partial charge in [-0.25, -0.2) is 0 Å². The molecule has 0 spiro atoms. The quantitative estimate of drug-likeness (QED) is 0.657. The van der Waals surface area contributed by atoms with E-state index in [-0.39, 0.29) is 6.54 Å². The Balaban J connectivity index is 2.14. The van der Waals surface area contributed by atoms with Gasteiger partial charge in [0, 0.05) is 6.54 Å². The molecular formula is C10H14N2O2. The standard InChI is InChI=1S/C10H14N2O2/c11-4-5-12-6-7-2-1-3-8(7)9(12)10(13)14/h7-9H,1-3,5-6H2,(H,13,14). The molecule has 1 saturated carbocycles. The molecule has 4 heteroatoms. The molecule has 1 aliphatic carbocycles. The highest BCUT2D eigenvalue weighted by Crippen LogP contribution is 2.41. The molecule has 0 aromatic heterocycles. The van der Waals surface area contributed by atoms with Crippen molar-refractivity contribution in [1.82, 2.24) is 4.90 Å². The summed E-state index contributed by atoms with van der Waals surface area (Å²) in [5.74, 6) is 0.0555. The van der Waals surface area contributed by atoms with Gasteiger partial charge in [0.25, 0.3) is 0 Å². The lowest BCUT2D eigenvalue weighted by atomic mass is 9.94. The summed E-state index contributed by atoms with van der Waals surface area (Å²) in [6.45, 7) is 1.05. The first-order valence-corrected chi connectivity index (χ1v) is 5.08. The third kappa shape index (κ3) is 1.38. The van der Waals surface area contributed by atoms with Gasteiger partial charge in [-0.15, -0.1) is 0 Å². The van der Waals surface area contributed by atoms with Gasteiger partial charge in [-0.1, -0.05) is 6.42 Å². The van der Waals surface area contributed by atoms with Crippen molar-refractivity contribution >= 4 is 5.97 Å². The minimum absolute atomic E-state index is 0.254. The van der Waals surface area contributed by atoms with Crippen LogP contribution in [0.2, 0.25) is 0 Å². The van der Waals surface area contributed by atoms with Gasteiger partial charge in [-0.3, -0.25) is 9.69 Å². The van der Waals surface area contributed by atoms with Crippen LogP contribution in [0.25, 0.3) is 0 Å². The number of hydrogen-bond donors (Lipinski definition) is 1. The summed E-state index contributed by atoms with van der Waals surface area (Å²) in [5, 5.41) is 17.7. The van der Waals surface area contributed by atoms with E-state index in [0.29, 0.717) is 11.8 Å². The largest absolute Gasteiger partial charge is 0.480 e. The first-order chi connectivity index (χ1) is 6.74. The van der Waals surface area contributed by atoms with Gasteiger partial charge in [0.15, 0.2) is 0 Å². The van der Waals surface area contributed by atoms with Crippen LogP contribution in [0.1, 0.15) is 19.3 Å². The van der Waals surface area contributed by atoms with Crippen LogP contribution in [-0.2, 0) is 4.79 Å². The van der Waals surface area contributed by atoms with Crippen molar-refractivity contribution in [2.45, 2.75) is 25.3 Å². The zero-order valence-electron chi connectivity index (χ0n) is 8.02. The third-order valence-corrected chi connectivity index (χ3v) is 3.51. The van der Waals surface area contributed by atoms with Crippen molar-refractivity contribution in [2.75, 3.05) is 13.1 Å². The van der Waals surface area contributed by atoms with Crippen LogP contribution in [0, 0.1) is 23.2 Å². The summed E-state index contributed by atoms with van der Waals surface area (Å²) in [6, 6.07) is 1.65. The summed E-state index contributed by atoms with van der Waals surface area (Å²) in [6.07, 6.45) is 3.31. The number of rotatable bonds is 2. The van der Waals surface area contributed by atoms with E-state index in [4.69, 9.17) is 10.4 Å². The molecule has 3 atom stereocenters. The number of nitriles is 1. The highest BCUT2D eigenvalue weighted by atomic mass is 16.4. The Labute approximate surface area is 83.1 Å². The lowest BCUT2D eigenvalue weighted by Gasteiger charge is -2.20. The average molecular weight is 194 g/mol. The molecule has 0 aromatic rings. The Hall–Kier alpha value is -1.08. The summed E-state index contributed by atoms with van der Waals surface area (Å²) in [4.78, 5) is 12.9. The lowest BCUT2D eigenvalue weighted by molar-refractivity contribution is -0.143. The van der Waals surface area contributed by atoms with Crippen LogP contribution in [0.3, 0.4) is 0 Å². The maximum Gasteiger partial charge on any atom is 0.321 e. The van der Waals surface area contributed by atoms with Crippen LogP contribution >= 0.6 is 0 Å². The van der Waals surface area contributed by atoms with E-state index >= 15 is 0 Å². The molecule has 4 nitrogen and oxygen atoms in total. The van der Waals surface area contributed by atoms with Gasteiger partial charge in [0.2, 0.25) is 0 Å². The molecule has 1 N–H and O–H groups in total. The zero-order chi connectivity index (χ0) is 10.1. The molecule has 0 amide bonds. The first kappa shape index (κ1) is 9.47. The molecule has 0 aromatic carbocycles. The summed E-state index contributed by atoms with van der Waals surface area (Å²) in [5.41, 5.74) is 0. The van der Waals surface area contributed by atoms with Crippen molar-refractivity contribution < 1.29 is 9.90 Å². The number of fused-ring (bicyclic) bond motifs is 1. The van der Waals surface area contributed by atoms with Crippen molar-refractivity contribution in [3.63, 3.8) is 0 Å². The van der Waals surface area contributed by atoms with Crippen LogP contribution in [0.4, 0.5) is 0 Å². The van der Waals surface area contributed by atoms with Crippen molar-refractivity contribution in [3.05, 3.63) is 0 Å². The molecule has 0 bridgehead atoms. The van der Waals surface area contributed by atoms with Crippen LogP contribution < -0.4 is 0 Å². The Morgan fingerprint density at radius 3 is 3.00 bits per heavy atom. The summed E-state index contributed by atoms with van der Waals surface area (Å²) >= 11 is 0. The second kappa shape index (κ2) is 3.58. The molecule has 2 aliphatic rings. The predicted octanol–water partition coefficient (Wildman–Crippen LogP) is 0.695. The molecule has 14 heavy (non-hydrogen) atoms. The van der Waals surface area contributed by atoms with Crippen molar-refractivity contribution in [1.29, 1.82) is 5.26 Å². The molecule has 3 unspecified atom stereocenters. The van der Waals surface area contributed by atoms with Crippen LogP contribution in [0.5, 0.6) is 0 Å². The maximum absolute atomic E-state index is 11.1.